The third-order valence-electron chi connectivity index (χ3n) is 7.49. The monoisotopic (exact) mass is 606 g/mol. The van der Waals surface area contributed by atoms with E-state index < -0.39 is 65.8 Å². The molecule has 4 N–H and O–H groups in total. The molecule has 0 saturated carbocycles. The van der Waals surface area contributed by atoms with Gasteiger partial charge >= 0.3 is 5.97 Å². The molecule has 0 unspecified atom stereocenters. The normalized spacial score (nSPS) is 24.1. The van der Waals surface area contributed by atoms with E-state index in [-0.39, 0.29) is 24.7 Å². The second-order valence-corrected chi connectivity index (χ2v) is 12.5. The van der Waals surface area contributed by atoms with Crippen molar-refractivity contribution in [1.29, 1.82) is 0 Å². The highest BCUT2D eigenvalue weighted by Gasteiger charge is 2.37. The number of ether oxygens (including phenoxy) is 1. The highest BCUT2D eigenvalue weighted by Crippen LogP contribution is 2.15. The van der Waals surface area contributed by atoms with E-state index in [1.165, 1.54) is 0 Å². The van der Waals surface area contributed by atoms with E-state index in [4.69, 9.17) is 4.74 Å². The number of carbonyl (C=O) groups is 5. The van der Waals surface area contributed by atoms with E-state index in [1.807, 2.05) is 74.5 Å². The van der Waals surface area contributed by atoms with Gasteiger partial charge < -0.3 is 26.0 Å². The minimum absolute atomic E-state index is 0.0354. The van der Waals surface area contributed by atoms with Gasteiger partial charge in [0.15, 0.2) is 6.10 Å². The molecule has 1 aliphatic heterocycles. The quantitative estimate of drug-likeness (QED) is 0.341. The van der Waals surface area contributed by atoms with Gasteiger partial charge in [0, 0.05) is 12.8 Å². The van der Waals surface area contributed by atoms with Crippen LogP contribution in [0.15, 0.2) is 60.7 Å². The van der Waals surface area contributed by atoms with Gasteiger partial charge in [0.2, 0.25) is 17.7 Å². The van der Waals surface area contributed by atoms with E-state index in [9.17, 15) is 24.0 Å². The van der Waals surface area contributed by atoms with Crippen LogP contribution in [0, 0.1) is 17.8 Å². The van der Waals surface area contributed by atoms with Crippen LogP contribution in [0.5, 0.6) is 0 Å². The zero-order chi connectivity index (χ0) is 32.4. The largest absolute Gasteiger partial charge is 0.450 e. The number of rotatable bonds is 8. The molecule has 44 heavy (non-hydrogen) atoms. The van der Waals surface area contributed by atoms with Gasteiger partial charge in [-0.05, 0) is 35.3 Å². The van der Waals surface area contributed by atoms with Crippen LogP contribution in [0.3, 0.4) is 0 Å². The molecule has 3 rings (SSSR count). The zero-order valence-corrected chi connectivity index (χ0v) is 26.5. The van der Waals surface area contributed by atoms with Crippen LogP contribution in [-0.4, -0.2) is 59.9 Å². The Labute approximate surface area is 260 Å². The van der Waals surface area contributed by atoms with E-state index in [0.29, 0.717) is 6.42 Å². The number of hydrogen-bond donors (Lipinski definition) is 4. The molecular formula is C34H46N4O6. The van der Waals surface area contributed by atoms with E-state index in [0.717, 1.165) is 11.1 Å². The summed E-state index contributed by atoms with van der Waals surface area (Å²) in [5.74, 6) is -3.81. The maximum absolute atomic E-state index is 13.9. The predicted octanol–water partition coefficient (Wildman–Crippen LogP) is 2.69. The van der Waals surface area contributed by atoms with Gasteiger partial charge in [0.05, 0.1) is 0 Å². The predicted molar refractivity (Wildman–Crippen MR) is 167 cm³/mol. The standard InChI is InChI=1S/C34H46N4O6/c1-20(2)17-25-30(39)35-26(18-23-13-9-7-10-14-23)31(40)37-27(19-24-15-11-8-12-16-24)34(43)44-29(22(5)6)33(42)38-28(21(3)4)32(41)36-25/h7-16,20-22,25-29H,17-19H2,1-6H3,(H,35,39)(H,36,41)(H,37,40)(H,38,42)/t25-,26-,27-,28-,29-/m0/s1. The first-order valence-electron chi connectivity index (χ1n) is 15.4. The van der Waals surface area contributed by atoms with Gasteiger partial charge in [0.25, 0.3) is 5.91 Å². The maximum Gasteiger partial charge on any atom is 0.329 e. The molecule has 1 heterocycles. The molecule has 1 fully saturated rings. The Kier molecular flexibility index (Phi) is 12.5. The van der Waals surface area contributed by atoms with Crippen molar-refractivity contribution >= 4 is 29.6 Å². The summed E-state index contributed by atoms with van der Waals surface area (Å²) in [4.78, 5) is 68.2. The van der Waals surface area contributed by atoms with Gasteiger partial charge in [-0.1, -0.05) is 102 Å². The van der Waals surface area contributed by atoms with E-state index >= 15 is 0 Å². The Bertz CT molecular complexity index is 1280. The van der Waals surface area contributed by atoms with Crippen LogP contribution < -0.4 is 21.3 Å². The van der Waals surface area contributed by atoms with Gasteiger partial charge in [-0.2, -0.15) is 0 Å². The first kappa shape index (κ1) is 34.3. The maximum atomic E-state index is 13.9. The van der Waals surface area contributed by atoms with Crippen molar-refractivity contribution in [3.63, 3.8) is 0 Å². The Morgan fingerprint density at radius 3 is 1.55 bits per heavy atom. The number of nitrogens with one attached hydrogen (secondary N) is 4. The van der Waals surface area contributed by atoms with Crippen LogP contribution >= 0.6 is 0 Å². The van der Waals surface area contributed by atoms with E-state index in [2.05, 4.69) is 21.3 Å². The molecule has 1 aliphatic rings. The number of benzene rings is 2. The third-order valence-corrected chi connectivity index (χ3v) is 7.49. The topological polar surface area (TPSA) is 143 Å². The first-order valence-corrected chi connectivity index (χ1v) is 15.4. The lowest BCUT2D eigenvalue weighted by Crippen LogP contribution is -2.59. The van der Waals surface area contributed by atoms with E-state index in [1.54, 1.807) is 27.7 Å². The van der Waals surface area contributed by atoms with Crippen molar-refractivity contribution in [2.45, 2.75) is 91.1 Å². The summed E-state index contributed by atoms with van der Waals surface area (Å²) in [7, 11) is 0. The Balaban J connectivity index is 2.08. The minimum Gasteiger partial charge on any atom is -0.450 e. The van der Waals surface area contributed by atoms with Crippen LogP contribution in [-0.2, 0) is 41.6 Å². The molecular weight excluding hydrogens is 560 g/mol. The lowest BCUT2D eigenvalue weighted by Gasteiger charge is -2.28. The molecule has 2 aromatic carbocycles. The zero-order valence-electron chi connectivity index (χ0n) is 26.5. The molecule has 0 aromatic heterocycles. The molecule has 1 saturated heterocycles. The van der Waals surface area contributed by atoms with Crippen molar-refractivity contribution in [3.8, 4) is 0 Å². The van der Waals surface area contributed by atoms with Crippen molar-refractivity contribution in [2.75, 3.05) is 0 Å². The lowest BCUT2D eigenvalue weighted by atomic mass is 9.98. The molecule has 5 atom stereocenters. The summed E-state index contributed by atoms with van der Waals surface area (Å²) in [5.41, 5.74) is 1.57. The van der Waals surface area contributed by atoms with Gasteiger partial charge in [-0.15, -0.1) is 0 Å². The van der Waals surface area contributed by atoms with Crippen LogP contribution in [0.1, 0.15) is 59.1 Å². The molecule has 0 spiro atoms. The van der Waals surface area contributed by atoms with Gasteiger partial charge in [-0.25, -0.2) is 4.79 Å². The summed E-state index contributed by atoms with van der Waals surface area (Å²) < 4.78 is 5.76. The SMILES string of the molecule is CC(C)C[C@@H]1NC(=O)[C@H](C(C)C)NC(=O)[C@H](C(C)C)OC(=O)[C@H](Cc2ccccc2)NC(=O)[C@H](Cc2ccccc2)NC1=O. The number of hydrogen-bond acceptors (Lipinski definition) is 6. The van der Waals surface area contributed by atoms with Gasteiger partial charge in [0.1, 0.15) is 24.2 Å². The minimum atomic E-state index is -1.22. The number of cyclic esters (lactones) is 1. The Morgan fingerprint density at radius 1 is 0.568 bits per heavy atom. The second kappa shape index (κ2) is 16.0. The number of amides is 4. The average Bonchev–Trinajstić information content (AvgIpc) is 2.97. The summed E-state index contributed by atoms with van der Waals surface area (Å²) in [6.45, 7) is 10.9. The fraction of sp³-hybridized carbons (Fsp3) is 0.500. The van der Waals surface area contributed by atoms with Crippen molar-refractivity contribution in [2.24, 2.45) is 17.8 Å². The highest BCUT2D eigenvalue weighted by atomic mass is 16.5. The molecule has 238 valence electrons. The Morgan fingerprint density at radius 2 is 1.05 bits per heavy atom. The average molecular weight is 607 g/mol. The second-order valence-electron chi connectivity index (χ2n) is 12.5. The Hall–Kier alpha value is -4.21. The van der Waals surface area contributed by atoms with Crippen LogP contribution in [0.4, 0.5) is 0 Å². The molecule has 10 heteroatoms. The fourth-order valence-electron chi connectivity index (χ4n) is 5.08. The molecule has 2 aromatic rings. The van der Waals surface area contributed by atoms with Crippen molar-refractivity contribution in [3.05, 3.63) is 71.8 Å². The van der Waals surface area contributed by atoms with Crippen LogP contribution in [0.25, 0.3) is 0 Å². The summed E-state index contributed by atoms with van der Waals surface area (Å²) in [6.07, 6.45) is -0.655. The summed E-state index contributed by atoms with van der Waals surface area (Å²) in [5, 5.41) is 11.2. The van der Waals surface area contributed by atoms with Crippen molar-refractivity contribution in [1.82, 2.24) is 21.3 Å². The molecule has 0 aliphatic carbocycles. The smallest absolute Gasteiger partial charge is 0.329 e. The van der Waals surface area contributed by atoms with Crippen molar-refractivity contribution < 1.29 is 28.7 Å². The molecule has 0 bridgehead atoms. The fourth-order valence-corrected chi connectivity index (χ4v) is 5.08. The molecule has 10 nitrogen and oxygen atoms in total. The molecule has 4 amide bonds. The lowest BCUT2D eigenvalue weighted by molar-refractivity contribution is -0.161. The molecule has 0 radical (unpaired) electrons. The third kappa shape index (κ3) is 9.92. The number of carbonyl (C=O) groups excluding carboxylic acids is 5. The summed E-state index contributed by atoms with van der Waals surface area (Å²) >= 11 is 0. The highest BCUT2D eigenvalue weighted by molar-refractivity contribution is 5.96. The number of esters is 1. The van der Waals surface area contributed by atoms with Gasteiger partial charge in [-0.3, -0.25) is 19.2 Å². The van der Waals surface area contributed by atoms with Crippen LogP contribution in [0.2, 0.25) is 0 Å². The summed E-state index contributed by atoms with van der Waals surface area (Å²) in [6, 6.07) is 14.2. The first-order chi connectivity index (χ1) is 20.8.